The number of imidazole rings is 1. The molecule has 2 aromatic rings. The van der Waals surface area contributed by atoms with Gasteiger partial charge in [-0.2, -0.15) is 0 Å². The van der Waals surface area contributed by atoms with E-state index in [0.717, 1.165) is 48.5 Å². The summed E-state index contributed by atoms with van der Waals surface area (Å²) in [5, 5.41) is 0. The SMILES string of the molecule is C[C@@H]1OCC2(CCN(c3ncc(Br)n4cncc34)CC2)[C@@H]1NS(=O)C(C)(C)C. The van der Waals surface area contributed by atoms with E-state index in [2.05, 4.69) is 42.4 Å². The number of ether oxygens (including phenoxy) is 1. The lowest BCUT2D eigenvalue weighted by Crippen LogP contribution is -2.55. The maximum Gasteiger partial charge on any atom is 0.154 e. The lowest BCUT2D eigenvalue weighted by atomic mass is 9.73. The lowest BCUT2D eigenvalue weighted by molar-refractivity contribution is 0.0973. The number of aromatic nitrogens is 3. The predicted octanol–water partition coefficient (Wildman–Crippen LogP) is 2.92. The number of fused-ring (bicyclic) bond motifs is 1. The minimum Gasteiger partial charge on any atom is -0.376 e. The molecule has 1 spiro atoms. The summed E-state index contributed by atoms with van der Waals surface area (Å²) in [6, 6.07) is 0.0996. The monoisotopic (exact) mass is 469 g/mol. The molecule has 1 N–H and O–H groups in total. The van der Waals surface area contributed by atoms with Crippen LogP contribution in [0.25, 0.3) is 5.52 Å². The molecule has 0 amide bonds. The molecular weight excluding hydrogens is 442 g/mol. The Hall–Kier alpha value is -1.03. The van der Waals surface area contributed by atoms with E-state index in [-0.39, 0.29) is 22.3 Å². The Bertz CT molecular complexity index is 888. The van der Waals surface area contributed by atoms with E-state index in [9.17, 15) is 4.21 Å². The molecule has 2 aliphatic rings. The van der Waals surface area contributed by atoms with Crippen molar-refractivity contribution >= 4 is 38.3 Å². The van der Waals surface area contributed by atoms with E-state index in [0.29, 0.717) is 0 Å². The first-order valence-electron chi connectivity index (χ1n) is 9.72. The van der Waals surface area contributed by atoms with Crippen molar-refractivity contribution in [2.24, 2.45) is 5.41 Å². The lowest BCUT2D eigenvalue weighted by Gasteiger charge is -2.43. The van der Waals surface area contributed by atoms with Crippen molar-refractivity contribution in [2.75, 3.05) is 24.6 Å². The van der Waals surface area contributed by atoms with Gasteiger partial charge < -0.3 is 9.64 Å². The highest BCUT2D eigenvalue weighted by molar-refractivity contribution is 9.10. The van der Waals surface area contributed by atoms with Crippen molar-refractivity contribution < 1.29 is 8.95 Å². The first-order chi connectivity index (χ1) is 13.2. The van der Waals surface area contributed by atoms with E-state index in [1.165, 1.54) is 0 Å². The summed E-state index contributed by atoms with van der Waals surface area (Å²) >= 11 is 3.52. The summed E-state index contributed by atoms with van der Waals surface area (Å²) in [7, 11) is -1.11. The number of anilines is 1. The van der Waals surface area contributed by atoms with Crippen LogP contribution >= 0.6 is 15.9 Å². The zero-order valence-electron chi connectivity index (χ0n) is 16.8. The first kappa shape index (κ1) is 20.3. The Kier molecular flexibility index (Phi) is 5.31. The van der Waals surface area contributed by atoms with Crippen molar-refractivity contribution in [3.63, 3.8) is 0 Å². The van der Waals surface area contributed by atoms with Gasteiger partial charge in [-0.25, -0.2) is 18.9 Å². The molecule has 154 valence electrons. The molecule has 2 aliphatic heterocycles. The second-order valence-electron chi connectivity index (χ2n) is 8.90. The van der Waals surface area contributed by atoms with Gasteiger partial charge in [0.05, 0.1) is 46.9 Å². The molecule has 7 nitrogen and oxygen atoms in total. The number of hydrogen-bond donors (Lipinski definition) is 1. The normalized spacial score (nSPS) is 26.2. The van der Waals surface area contributed by atoms with Gasteiger partial charge in [-0.05, 0) is 56.5 Å². The van der Waals surface area contributed by atoms with E-state index in [1.54, 1.807) is 6.33 Å². The molecule has 28 heavy (non-hydrogen) atoms. The van der Waals surface area contributed by atoms with Gasteiger partial charge in [-0.1, -0.05) is 0 Å². The quantitative estimate of drug-likeness (QED) is 0.747. The van der Waals surface area contributed by atoms with E-state index < -0.39 is 11.0 Å². The molecule has 2 saturated heterocycles. The fraction of sp³-hybridized carbons (Fsp3) is 0.684. The van der Waals surface area contributed by atoms with Crippen LogP contribution in [0.1, 0.15) is 40.5 Å². The average Bonchev–Trinajstić information content (AvgIpc) is 3.24. The highest BCUT2D eigenvalue weighted by Crippen LogP contribution is 2.43. The van der Waals surface area contributed by atoms with Gasteiger partial charge in [-0.15, -0.1) is 0 Å². The summed E-state index contributed by atoms with van der Waals surface area (Å²) in [4.78, 5) is 11.3. The van der Waals surface area contributed by atoms with Crippen LogP contribution in [-0.4, -0.2) is 55.2 Å². The third kappa shape index (κ3) is 3.51. The summed E-state index contributed by atoms with van der Waals surface area (Å²) < 4.78 is 24.8. The number of nitrogens with zero attached hydrogens (tertiary/aromatic N) is 4. The predicted molar refractivity (Wildman–Crippen MR) is 115 cm³/mol. The van der Waals surface area contributed by atoms with Crippen molar-refractivity contribution in [1.82, 2.24) is 19.1 Å². The molecule has 0 aromatic carbocycles. The van der Waals surface area contributed by atoms with Gasteiger partial charge in [-0.3, -0.25) is 4.40 Å². The number of hydrogen-bond acceptors (Lipinski definition) is 5. The van der Waals surface area contributed by atoms with Gasteiger partial charge in [0.15, 0.2) is 5.82 Å². The molecule has 0 saturated carbocycles. The number of rotatable bonds is 3. The van der Waals surface area contributed by atoms with E-state index in [4.69, 9.17) is 4.74 Å². The fourth-order valence-corrected chi connectivity index (χ4v) is 5.64. The maximum atomic E-state index is 12.7. The molecule has 0 radical (unpaired) electrons. The molecule has 3 atom stereocenters. The number of piperidine rings is 1. The van der Waals surface area contributed by atoms with Crippen molar-refractivity contribution in [2.45, 2.75) is 57.4 Å². The summed E-state index contributed by atoms with van der Waals surface area (Å²) in [6.07, 6.45) is 7.50. The van der Waals surface area contributed by atoms with E-state index in [1.807, 2.05) is 37.6 Å². The molecule has 2 fully saturated rings. The standard InChI is InChI=1S/C19H28BrN5O2S/c1-13-16(23-28(26)18(2,3)4)19(11-27-13)5-7-24(8-6-19)17-14-9-21-12-25(14)15(20)10-22-17/h9-10,12-13,16,23H,5-8,11H2,1-4H3/t13-,16+,28?/m0/s1. The third-order valence-corrected chi connectivity index (χ3v) is 8.17. The average molecular weight is 470 g/mol. The highest BCUT2D eigenvalue weighted by atomic mass is 79.9. The summed E-state index contributed by atoms with van der Waals surface area (Å²) in [6.45, 7) is 10.6. The Morgan fingerprint density at radius 2 is 2.04 bits per heavy atom. The van der Waals surface area contributed by atoms with Crippen LogP contribution in [-0.2, 0) is 15.7 Å². The van der Waals surface area contributed by atoms with Gasteiger partial charge in [0.25, 0.3) is 0 Å². The maximum absolute atomic E-state index is 12.7. The van der Waals surface area contributed by atoms with Crippen molar-refractivity contribution in [3.05, 3.63) is 23.3 Å². The van der Waals surface area contributed by atoms with Crippen LogP contribution in [0.5, 0.6) is 0 Å². The minimum absolute atomic E-state index is 0.0166. The van der Waals surface area contributed by atoms with Crippen LogP contribution in [0.2, 0.25) is 0 Å². The minimum atomic E-state index is -1.11. The largest absolute Gasteiger partial charge is 0.376 e. The molecule has 4 heterocycles. The van der Waals surface area contributed by atoms with Crippen molar-refractivity contribution in [3.8, 4) is 0 Å². The summed E-state index contributed by atoms with van der Waals surface area (Å²) in [5.41, 5.74) is 1.02. The number of nitrogens with one attached hydrogen (secondary N) is 1. The van der Waals surface area contributed by atoms with E-state index >= 15 is 0 Å². The highest BCUT2D eigenvalue weighted by Gasteiger charge is 2.50. The zero-order chi connectivity index (χ0) is 20.1. The van der Waals surface area contributed by atoms with Crippen LogP contribution in [0.15, 0.2) is 23.3 Å². The Morgan fingerprint density at radius 1 is 1.32 bits per heavy atom. The molecule has 4 rings (SSSR count). The van der Waals surface area contributed by atoms with Crippen LogP contribution in [0.3, 0.4) is 0 Å². The third-order valence-electron chi connectivity index (χ3n) is 6.00. The van der Waals surface area contributed by atoms with Gasteiger partial charge in [0, 0.05) is 18.5 Å². The Morgan fingerprint density at radius 3 is 2.71 bits per heavy atom. The fourth-order valence-electron chi connectivity index (χ4n) is 4.23. The van der Waals surface area contributed by atoms with Crippen LogP contribution in [0.4, 0.5) is 5.82 Å². The zero-order valence-corrected chi connectivity index (χ0v) is 19.2. The molecule has 2 aromatic heterocycles. The second kappa shape index (κ2) is 7.34. The Balaban J connectivity index is 1.53. The summed E-state index contributed by atoms with van der Waals surface area (Å²) in [5.74, 6) is 0.963. The molecule has 0 aliphatic carbocycles. The molecular formula is C19H28BrN5O2S. The van der Waals surface area contributed by atoms with Gasteiger partial charge in [0.2, 0.25) is 0 Å². The molecule has 9 heteroatoms. The molecule has 1 unspecified atom stereocenters. The van der Waals surface area contributed by atoms with Gasteiger partial charge >= 0.3 is 0 Å². The van der Waals surface area contributed by atoms with Crippen molar-refractivity contribution in [1.29, 1.82) is 0 Å². The smallest absolute Gasteiger partial charge is 0.154 e. The second-order valence-corrected chi connectivity index (χ2v) is 11.7. The van der Waals surface area contributed by atoms with Gasteiger partial charge in [0.1, 0.15) is 16.4 Å². The topological polar surface area (TPSA) is 71.8 Å². The first-order valence-corrected chi connectivity index (χ1v) is 11.7. The van der Waals surface area contributed by atoms with Crippen LogP contribution in [0, 0.1) is 5.41 Å². The molecule has 0 bridgehead atoms. The van der Waals surface area contributed by atoms with Crippen LogP contribution < -0.4 is 9.62 Å². The Labute approximate surface area is 177 Å². The number of halogens is 1.